The van der Waals surface area contributed by atoms with Crippen LogP contribution >= 0.6 is 0 Å². The molecule has 1 N–H and O–H groups in total. The van der Waals surface area contributed by atoms with E-state index in [0.29, 0.717) is 6.54 Å². The summed E-state index contributed by atoms with van der Waals surface area (Å²) in [7, 11) is 2.01. The van der Waals surface area contributed by atoms with Gasteiger partial charge in [-0.05, 0) is 32.7 Å². The third-order valence-corrected chi connectivity index (χ3v) is 7.30. The molecule has 2 aliphatic heterocycles. The van der Waals surface area contributed by atoms with Crippen molar-refractivity contribution in [2.45, 2.75) is 58.0 Å². The average molecular weight is 447 g/mol. The van der Waals surface area contributed by atoms with Gasteiger partial charge in [0.2, 0.25) is 0 Å². The first kappa shape index (κ1) is 23.4. The van der Waals surface area contributed by atoms with Crippen LogP contribution in [0.4, 0.5) is 0 Å². The number of nitrogens with zero attached hydrogens (tertiary/aromatic N) is 7. The lowest BCUT2D eigenvalue weighted by Crippen LogP contribution is -2.55. The first-order chi connectivity index (χ1) is 15.7. The lowest BCUT2D eigenvalue weighted by atomic mass is 9.94. The SMILES string of the molecule is Cc1nnc(CN=C(NCCCN2CCOCC2)N2CCN(C3CCCCC3)CC2)n1C. The summed E-state index contributed by atoms with van der Waals surface area (Å²) in [6, 6.07) is 0.800. The Bertz CT molecular complexity index is 716. The lowest BCUT2D eigenvalue weighted by Gasteiger charge is -2.41. The molecule has 1 aromatic rings. The van der Waals surface area contributed by atoms with Crippen LogP contribution in [-0.2, 0) is 18.3 Å². The van der Waals surface area contributed by atoms with Crippen LogP contribution in [0.25, 0.3) is 0 Å². The summed E-state index contributed by atoms with van der Waals surface area (Å²) in [4.78, 5) is 12.6. The van der Waals surface area contributed by atoms with E-state index in [1.54, 1.807) is 0 Å². The van der Waals surface area contributed by atoms with E-state index in [9.17, 15) is 0 Å². The van der Waals surface area contributed by atoms with Gasteiger partial charge in [-0.15, -0.1) is 10.2 Å². The van der Waals surface area contributed by atoms with E-state index in [0.717, 1.165) is 95.6 Å². The Morgan fingerprint density at radius 1 is 1.03 bits per heavy atom. The number of guanidine groups is 1. The molecule has 2 saturated heterocycles. The third-order valence-electron chi connectivity index (χ3n) is 7.30. The molecule has 3 aliphatic rings. The van der Waals surface area contributed by atoms with Crippen molar-refractivity contribution in [3.05, 3.63) is 11.6 Å². The summed E-state index contributed by atoms with van der Waals surface area (Å²) in [5.41, 5.74) is 0. The van der Waals surface area contributed by atoms with E-state index in [1.807, 2.05) is 18.5 Å². The largest absolute Gasteiger partial charge is 0.379 e. The summed E-state index contributed by atoms with van der Waals surface area (Å²) < 4.78 is 7.49. The number of piperazine rings is 1. The van der Waals surface area contributed by atoms with Crippen LogP contribution < -0.4 is 5.32 Å². The van der Waals surface area contributed by atoms with Gasteiger partial charge in [0.15, 0.2) is 11.8 Å². The molecule has 9 nitrogen and oxygen atoms in total. The van der Waals surface area contributed by atoms with Crippen LogP contribution in [0.2, 0.25) is 0 Å². The molecule has 0 radical (unpaired) electrons. The van der Waals surface area contributed by atoms with E-state index in [2.05, 4.69) is 30.2 Å². The number of morpholine rings is 1. The van der Waals surface area contributed by atoms with Gasteiger partial charge < -0.3 is 19.5 Å². The first-order valence-electron chi connectivity index (χ1n) is 12.6. The van der Waals surface area contributed by atoms with Crippen LogP contribution in [0.15, 0.2) is 4.99 Å². The van der Waals surface area contributed by atoms with Crippen molar-refractivity contribution in [1.29, 1.82) is 0 Å². The second-order valence-electron chi connectivity index (χ2n) is 9.41. The molecule has 0 spiro atoms. The zero-order valence-corrected chi connectivity index (χ0v) is 20.1. The van der Waals surface area contributed by atoms with E-state index in [-0.39, 0.29) is 0 Å². The highest BCUT2D eigenvalue weighted by Gasteiger charge is 2.26. The van der Waals surface area contributed by atoms with Gasteiger partial charge in [-0.25, -0.2) is 4.99 Å². The van der Waals surface area contributed by atoms with Gasteiger partial charge in [0.25, 0.3) is 0 Å². The molecular formula is C23H42N8O. The molecule has 1 aromatic heterocycles. The van der Waals surface area contributed by atoms with Crippen molar-refractivity contribution in [1.82, 2.24) is 34.8 Å². The monoisotopic (exact) mass is 446 g/mol. The van der Waals surface area contributed by atoms with E-state index >= 15 is 0 Å². The molecule has 32 heavy (non-hydrogen) atoms. The van der Waals surface area contributed by atoms with Crippen LogP contribution in [-0.4, -0.2) is 107 Å². The molecule has 0 aromatic carbocycles. The number of hydrogen-bond donors (Lipinski definition) is 1. The number of hydrogen-bond acceptors (Lipinski definition) is 6. The van der Waals surface area contributed by atoms with Crippen molar-refractivity contribution in [2.24, 2.45) is 12.0 Å². The number of aliphatic imine (C=N–C) groups is 1. The number of ether oxygens (including phenoxy) is 1. The maximum atomic E-state index is 5.46. The minimum atomic E-state index is 0.561. The van der Waals surface area contributed by atoms with Crippen molar-refractivity contribution in [2.75, 3.05) is 65.6 Å². The maximum Gasteiger partial charge on any atom is 0.194 e. The molecule has 0 amide bonds. The molecule has 3 fully saturated rings. The minimum absolute atomic E-state index is 0.561. The number of aromatic nitrogens is 3. The van der Waals surface area contributed by atoms with Gasteiger partial charge in [0.1, 0.15) is 12.4 Å². The average Bonchev–Trinajstić information content (AvgIpc) is 3.17. The highest BCUT2D eigenvalue weighted by molar-refractivity contribution is 5.80. The molecule has 9 heteroatoms. The minimum Gasteiger partial charge on any atom is -0.379 e. The van der Waals surface area contributed by atoms with Crippen LogP contribution in [0.1, 0.15) is 50.2 Å². The molecular weight excluding hydrogens is 404 g/mol. The highest BCUT2D eigenvalue weighted by atomic mass is 16.5. The van der Waals surface area contributed by atoms with Crippen LogP contribution in [0.3, 0.4) is 0 Å². The first-order valence-corrected chi connectivity index (χ1v) is 12.6. The second-order valence-corrected chi connectivity index (χ2v) is 9.41. The predicted molar refractivity (Wildman–Crippen MR) is 127 cm³/mol. The topological polar surface area (TPSA) is 74.0 Å². The van der Waals surface area contributed by atoms with Gasteiger partial charge in [0.05, 0.1) is 13.2 Å². The zero-order chi connectivity index (χ0) is 22.2. The molecule has 0 unspecified atom stereocenters. The Morgan fingerprint density at radius 3 is 2.47 bits per heavy atom. The Morgan fingerprint density at radius 2 is 1.78 bits per heavy atom. The molecule has 180 valence electrons. The fourth-order valence-corrected chi connectivity index (χ4v) is 5.07. The standard InChI is InChI=1S/C23H42N8O/c1-20-26-27-22(28(20)2)19-25-23(24-9-6-10-29-15-17-32-18-16-29)31-13-11-30(12-14-31)21-7-4-3-5-8-21/h21H,3-19H2,1-2H3,(H,24,25). The highest BCUT2D eigenvalue weighted by Crippen LogP contribution is 2.23. The van der Waals surface area contributed by atoms with E-state index in [4.69, 9.17) is 9.73 Å². The summed E-state index contributed by atoms with van der Waals surface area (Å²) in [5.74, 6) is 2.86. The molecule has 4 rings (SSSR count). The third kappa shape index (κ3) is 6.42. The molecule has 0 bridgehead atoms. The summed E-state index contributed by atoms with van der Waals surface area (Å²) in [6.07, 6.45) is 8.10. The number of nitrogens with one attached hydrogen (secondary N) is 1. The summed E-state index contributed by atoms with van der Waals surface area (Å²) in [5, 5.41) is 12.1. The van der Waals surface area contributed by atoms with Gasteiger partial charge in [-0.1, -0.05) is 19.3 Å². The summed E-state index contributed by atoms with van der Waals surface area (Å²) >= 11 is 0. The molecule has 1 aliphatic carbocycles. The quantitative estimate of drug-likeness (QED) is 0.384. The van der Waals surface area contributed by atoms with Crippen molar-refractivity contribution < 1.29 is 4.74 Å². The number of aryl methyl sites for hydroxylation is 1. The van der Waals surface area contributed by atoms with Gasteiger partial charge >= 0.3 is 0 Å². The summed E-state index contributed by atoms with van der Waals surface area (Å²) in [6.45, 7) is 12.8. The lowest BCUT2D eigenvalue weighted by molar-refractivity contribution is 0.0375. The number of rotatable bonds is 7. The normalized spacial score (nSPS) is 22.4. The smallest absolute Gasteiger partial charge is 0.194 e. The van der Waals surface area contributed by atoms with E-state index < -0.39 is 0 Å². The fourth-order valence-electron chi connectivity index (χ4n) is 5.07. The Labute approximate surface area is 193 Å². The van der Waals surface area contributed by atoms with Crippen molar-refractivity contribution in [3.8, 4) is 0 Å². The Balaban J connectivity index is 1.31. The van der Waals surface area contributed by atoms with Crippen LogP contribution in [0.5, 0.6) is 0 Å². The Kier molecular flexibility index (Phi) is 8.76. The predicted octanol–water partition coefficient (Wildman–Crippen LogP) is 1.24. The van der Waals surface area contributed by atoms with Crippen LogP contribution in [0, 0.1) is 6.92 Å². The molecule has 3 heterocycles. The van der Waals surface area contributed by atoms with Gasteiger partial charge in [-0.3, -0.25) is 9.80 Å². The van der Waals surface area contributed by atoms with Gasteiger partial charge in [-0.2, -0.15) is 0 Å². The molecule has 0 atom stereocenters. The zero-order valence-electron chi connectivity index (χ0n) is 20.1. The van der Waals surface area contributed by atoms with Crippen molar-refractivity contribution in [3.63, 3.8) is 0 Å². The fraction of sp³-hybridized carbons (Fsp3) is 0.870. The van der Waals surface area contributed by atoms with E-state index in [1.165, 1.54) is 32.1 Å². The molecule has 1 saturated carbocycles. The van der Waals surface area contributed by atoms with Crippen molar-refractivity contribution >= 4 is 5.96 Å². The maximum absolute atomic E-state index is 5.46. The second kappa shape index (κ2) is 12.0. The van der Waals surface area contributed by atoms with Gasteiger partial charge in [0, 0.05) is 58.9 Å². The Hall–Kier alpha value is -1.71.